The Kier molecular flexibility index (Phi) is 4.66. The number of halogens is 1. The van der Waals surface area contributed by atoms with Crippen LogP contribution in [0.15, 0.2) is 53.4 Å². The Balaban J connectivity index is 2.19. The van der Waals surface area contributed by atoms with Gasteiger partial charge in [-0.3, -0.25) is 0 Å². The maximum atomic E-state index is 13.5. The molecular formula is C18H14FNO4S2. The third kappa shape index (κ3) is 3.39. The predicted octanol–water partition coefficient (Wildman–Crippen LogP) is 3.88. The second kappa shape index (κ2) is 6.64. The van der Waals surface area contributed by atoms with E-state index in [1.165, 1.54) is 36.4 Å². The van der Waals surface area contributed by atoms with Gasteiger partial charge in [-0.2, -0.15) is 0 Å². The van der Waals surface area contributed by atoms with Crippen LogP contribution >= 0.6 is 11.3 Å². The van der Waals surface area contributed by atoms with Gasteiger partial charge in [-0.1, -0.05) is 24.3 Å². The van der Waals surface area contributed by atoms with Gasteiger partial charge in [0.05, 0.1) is 4.90 Å². The summed E-state index contributed by atoms with van der Waals surface area (Å²) < 4.78 is 36.3. The van der Waals surface area contributed by atoms with E-state index in [4.69, 9.17) is 5.14 Å². The number of carboxylic acid groups (broad SMARTS) is 1. The van der Waals surface area contributed by atoms with E-state index in [1.807, 2.05) is 0 Å². The van der Waals surface area contributed by atoms with Crippen LogP contribution in [0, 0.1) is 12.7 Å². The second-order valence-corrected chi connectivity index (χ2v) is 8.23. The molecule has 0 radical (unpaired) electrons. The van der Waals surface area contributed by atoms with Crippen LogP contribution in [0.3, 0.4) is 0 Å². The number of aromatic carboxylic acids is 1. The van der Waals surface area contributed by atoms with Gasteiger partial charge in [0.1, 0.15) is 10.7 Å². The van der Waals surface area contributed by atoms with Crippen LogP contribution in [0.2, 0.25) is 0 Å². The molecule has 1 heterocycles. The average Bonchev–Trinajstić information content (AvgIpc) is 2.92. The van der Waals surface area contributed by atoms with E-state index in [9.17, 15) is 22.7 Å². The summed E-state index contributed by atoms with van der Waals surface area (Å²) in [5.41, 5.74) is 2.29. The summed E-state index contributed by atoms with van der Waals surface area (Å²) >= 11 is 1.05. The summed E-state index contributed by atoms with van der Waals surface area (Å²) in [6.45, 7) is 1.76. The lowest BCUT2D eigenvalue weighted by Gasteiger charge is -2.06. The van der Waals surface area contributed by atoms with Crippen LogP contribution < -0.4 is 5.14 Å². The molecule has 3 rings (SSSR count). The fourth-order valence-electron chi connectivity index (χ4n) is 2.73. The van der Waals surface area contributed by atoms with Gasteiger partial charge in [-0.05, 0) is 47.9 Å². The highest BCUT2D eigenvalue weighted by atomic mass is 32.2. The maximum Gasteiger partial charge on any atom is 0.346 e. The molecule has 0 unspecified atom stereocenters. The molecule has 0 saturated carbocycles. The fraction of sp³-hybridized carbons (Fsp3) is 0.0556. The zero-order chi connectivity index (χ0) is 19.1. The van der Waals surface area contributed by atoms with E-state index in [0.29, 0.717) is 27.1 Å². The molecule has 1 aromatic heterocycles. The number of sulfonamides is 1. The smallest absolute Gasteiger partial charge is 0.346 e. The zero-order valence-electron chi connectivity index (χ0n) is 13.6. The largest absolute Gasteiger partial charge is 0.477 e. The van der Waals surface area contributed by atoms with Crippen LogP contribution in [0.4, 0.5) is 4.39 Å². The highest BCUT2D eigenvalue weighted by Gasteiger charge is 2.22. The molecule has 26 heavy (non-hydrogen) atoms. The van der Waals surface area contributed by atoms with Crippen molar-refractivity contribution in [2.75, 3.05) is 0 Å². The van der Waals surface area contributed by atoms with Crippen molar-refractivity contribution in [3.63, 3.8) is 0 Å². The van der Waals surface area contributed by atoms with Gasteiger partial charge < -0.3 is 5.11 Å². The Morgan fingerprint density at radius 2 is 1.77 bits per heavy atom. The van der Waals surface area contributed by atoms with E-state index in [-0.39, 0.29) is 9.77 Å². The SMILES string of the molecule is Cc1c(-c2cccc(F)c2)sc(C(=O)O)c1-c1ccc(S(N)(=O)=O)cc1. The van der Waals surface area contributed by atoms with Gasteiger partial charge in [0.2, 0.25) is 10.0 Å². The van der Waals surface area contributed by atoms with Crippen molar-refractivity contribution in [1.29, 1.82) is 0 Å². The average molecular weight is 391 g/mol. The zero-order valence-corrected chi connectivity index (χ0v) is 15.2. The molecule has 0 fully saturated rings. The molecule has 3 N–H and O–H groups in total. The number of thiophene rings is 1. The Morgan fingerprint density at radius 3 is 2.31 bits per heavy atom. The predicted molar refractivity (Wildman–Crippen MR) is 98.2 cm³/mol. The normalized spacial score (nSPS) is 11.5. The molecule has 0 atom stereocenters. The summed E-state index contributed by atoms with van der Waals surface area (Å²) in [4.78, 5) is 12.4. The van der Waals surface area contributed by atoms with Gasteiger partial charge in [0, 0.05) is 10.4 Å². The molecule has 0 aliphatic heterocycles. The molecule has 0 saturated heterocycles. The molecule has 3 aromatic rings. The lowest BCUT2D eigenvalue weighted by molar-refractivity contribution is 0.0703. The number of carboxylic acids is 1. The number of rotatable bonds is 4. The molecule has 0 aliphatic rings. The third-order valence-corrected chi connectivity index (χ3v) is 6.16. The molecule has 2 aromatic carbocycles. The van der Waals surface area contributed by atoms with E-state index < -0.39 is 21.8 Å². The standard InChI is InChI=1S/C18H14FNO4S2/c1-10-15(11-5-7-14(8-6-11)26(20,23)24)17(18(21)22)25-16(10)12-3-2-4-13(19)9-12/h2-9H,1H3,(H,21,22)(H2,20,23,24). The topological polar surface area (TPSA) is 97.5 Å². The van der Waals surface area contributed by atoms with E-state index in [0.717, 1.165) is 11.3 Å². The van der Waals surface area contributed by atoms with Crippen molar-refractivity contribution in [2.45, 2.75) is 11.8 Å². The van der Waals surface area contributed by atoms with Crippen molar-refractivity contribution in [3.8, 4) is 21.6 Å². The lowest BCUT2D eigenvalue weighted by atomic mass is 9.99. The van der Waals surface area contributed by atoms with Crippen molar-refractivity contribution >= 4 is 27.3 Å². The minimum absolute atomic E-state index is 0.0589. The minimum atomic E-state index is -3.84. The molecule has 8 heteroatoms. The summed E-state index contributed by atoms with van der Waals surface area (Å²) in [6.07, 6.45) is 0. The summed E-state index contributed by atoms with van der Waals surface area (Å²) in [6, 6.07) is 11.6. The first-order valence-corrected chi connectivity index (χ1v) is 9.80. The lowest BCUT2D eigenvalue weighted by Crippen LogP contribution is -2.11. The molecule has 0 spiro atoms. The van der Waals surface area contributed by atoms with Gasteiger partial charge in [0.25, 0.3) is 0 Å². The van der Waals surface area contributed by atoms with E-state index in [1.54, 1.807) is 19.1 Å². The first kappa shape index (κ1) is 18.2. The summed E-state index contributed by atoms with van der Waals surface area (Å²) in [5, 5.41) is 14.7. The van der Waals surface area contributed by atoms with Crippen LogP contribution in [0.1, 0.15) is 15.2 Å². The van der Waals surface area contributed by atoms with Crippen LogP contribution in [-0.4, -0.2) is 19.5 Å². The Bertz CT molecular complexity index is 1100. The summed E-state index contributed by atoms with van der Waals surface area (Å²) in [7, 11) is -3.84. The second-order valence-electron chi connectivity index (χ2n) is 5.65. The van der Waals surface area contributed by atoms with E-state index >= 15 is 0 Å². The number of nitrogens with two attached hydrogens (primary N) is 1. The Labute approximate surface area is 153 Å². The Hall–Kier alpha value is -2.55. The van der Waals surface area contributed by atoms with Crippen molar-refractivity contribution in [2.24, 2.45) is 5.14 Å². The quantitative estimate of drug-likeness (QED) is 0.705. The number of benzene rings is 2. The fourth-order valence-corrected chi connectivity index (χ4v) is 4.41. The molecule has 0 amide bonds. The minimum Gasteiger partial charge on any atom is -0.477 e. The van der Waals surface area contributed by atoms with Gasteiger partial charge >= 0.3 is 5.97 Å². The highest BCUT2D eigenvalue weighted by molar-refractivity contribution is 7.89. The van der Waals surface area contributed by atoms with Crippen molar-refractivity contribution < 1.29 is 22.7 Å². The third-order valence-electron chi connectivity index (χ3n) is 3.90. The molecule has 0 bridgehead atoms. The first-order valence-electron chi connectivity index (χ1n) is 7.44. The molecule has 5 nitrogen and oxygen atoms in total. The summed E-state index contributed by atoms with van der Waals surface area (Å²) in [5.74, 6) is -1.52. The molecule has 0 aliphatic carbocycles. The monoisotopic (exact) mass is 391 g/mol. The van der Waals surface area contributed by atoms with Crippen molar-refractivity contribution in [1.82, 2.24) is 0 Å². The number of hydrogen-bond donors (Lipinski definition) is 2. The highest BCUT2D eigenvalue weighted by Crippen LogP contribution is 2.42. The van der Waals surface area contributed by atoms with E-state index in [2.05, 4.69) is 0 Å². The van der Waals surface area contributed by atoms with Crippen LogP contribution in [-0.2, 0) is 10.0 Å². The maximum absolute atomic E-state index is 13.5. The number of primary sulfonamides is 1. The first-order chi connectivity index (χ1) is 12.2. The number of hydrogen-bond acceptors (Lipinski definition) is 4. The van der Waals surface area contributed by atoms with Gasteiger partial charge in [-0.25, -0.2) is 22.7 Å². The van der Waals surface area contributed by atoms with Crippen LogP contribution in [0.5, 0.6) is 0 Å². The molecule has 134 valence electrons. The van der Waals surface area contributed by atoms with Crippen molar-refractivity contribution in [3.05, 3.63) is 64.8 Å². The number of carbonyl (C=O) groups is 1. The van der Waals surface area contributed by atoms with Crippen LogP contribution in [0.25, 0.3) is 21.6 Å². The van der Waals surface area contributed by atoms with Gasteiger partial charge in [0.15, 0.2) is 0 Å². The molecular weight excluding hydrogens is 377 g/mol. The Morgan fingerprint density at radius 1 is 1.12 bits per heavy atom. The van der Waals surface area contributed by atoms with Gasteiger partial charge in [-0.15, -0.1) is 11.3 Å².